The zero-order valence-electron chi connectivity index (χ0n) is 13.8. The second-order valence-electron chi connectivity index (χ2n) is 5.97. The van der Waals surface area contributed by atoms with E-state index in [1.54, 1.807) is 36.4 Å². The number of carbonyl (C=O) groups is 2. The number of aliphatic hydroxyl groups is 1. The van der Waals surface area contributed by atoms with E-state index in [4.69, 9.17) is 0 Å². The highest BCUT2D eigenvalue weighted by atomic mass is 16.3. The summed E-state index contributed by atoms with van der Waals surface area (Å²) in [6.07, 6.45) is 4.38. The first kappa shape index (κ1) is 16.9. The van der Waals surface area contributed by atoms with Crippen LogP contribution in [0.3, 0.4) is 0 Å². The van der Waals surface area contributed by atoms with E-state index in [0.29, 0.717) is 11.3 Å². The van der Waals surface area contributed by atoms with Crippen molar-refractivity contribution >= 4 is 23.5 Å². The molecule has 0 aromatic heterocycles. The minimum atomic E-state index is -1.84. The molecule has 0 fully saturated rings. The Balaban J connectivity index is 1.85. The van der Waals surface area contributed by atoms with Gasteiger partial charge in [-0.2, -0.15) is 0 Å². The standard InChI is InChI=1S/C21H19NO3/c1-2-14-22-19-11-7-6-10-18(19)21(25,20(22)24)15-17(23)13-12-16-8-4-3-5-9-16/h2-13,25H,1,14-15H2. The second kappa shape index (κ2) is 6.87. The van der Waals surface area contributed by atoms with Crippen LogP contribution < -0.4 is 4.90 Å². The summed E-state index contributed by atoms with van der Waals surface area (Å²) in [5.41, 5.74) is 0.130. The molecule has 0 bridgehead atoms. The first-order chi connectivity index (χ1) is 12.1. The Bertz CT molecular complexity index is 841. The second-order valence-corrected chi connectivity index (χ2v) is 5.97. The van der Waals surface area contributed by atoms with E-state index in [0.717, 1.165) is 5.56 Å². The maximum atomic E-state index is 12.7. The van der Waals surface area contributed by atoms with Crippen molar-refractivity contribution in [3.8, 4) is 0 Å². The Hall–Kier alpha value is -2.98. The quantitative estimate of drug-likeness (QED) is 0.653. The number of allylic oxidation sites excluding steroid dienone is 1. The van der Waals surface area contributed by atoms with Gasteiger partial charge in [0, 0.05) is 12.1 Å². The van der Waals surface area contributed by atoms with Crippen LogP contribution in [-0.4, -0.2) is 23.3 Å². The molecule has 4 heteroatoms. The summed E-state index contributed by atoms with van der Waals surface area (Å²) in [6.45, 7) is 3.93. The van der Waals surface area contributed by atoms with Crippen molar-refractivity contribution in [2.75, 3.05) is 11.4 Å². The highest BCUT2D eigenvalue weighted by molar-refractivity contribution is 6.10. The number of ketones is 1. The van der Waals surface area contributed by atoms with Gasteiger partial charge in [-0.15, -0.1) is 6.58 Å². The lowest BCUT2D eigenvalue weighted by molar-refractivity contribution is -0.140. The van der Waals surface area contributed by atoms with Crippen LogP contribution in [0.25, 0.3) is 6.08 Å². The molecule has 0 saturated heterocycles. The number of anilines is 1. The minimum absolute atomic E-state index is 0.284. The molecule has 1 unspecified atom stereocenters. The van der Waals surface area contributed by atoms with Gasteiger partial charge >= 0.3 is 0 Å². The Morgan fingerprint density at radius 3 is 2.52 bits per heavy atom. The van der Waals surface area contributed by atoms with Crippen LogP contribution in [0.2, 0.25) is 0 Å². The molecule has 2 aromatic rings. The molecule has 0 spiro atoms. The molecule has 1 atom stereocenters. The number of rotatable bonds is 6. The van der Waals surface area contributed by atoms with Crippen LogP contribution in [-0.2, 0) is 15.2 Å². The number of carbonyl (C=O) groups excluding carboxylic acids is 2. The lowest BCUT2D eigenvalue weighted by atomic mass is 9.89. The zero-order valence-corrected chi connectivity index (χ0v) is 13.8. The minimum Gasteiger partial charge on any atom is -0.375 e. The number of nitrogens with zero attached hydrogens (tertiary/aromatic N) is 1. The van der Waals surface area contributed by atoms with Gasteiger partial charge in [-0.1, -0.05) is 60.7 Å². The van der Waals surface area contributed by atoms with E-state index >= 15 is 0 Å². The highest BCUT2D eigenvalue weighted by Crippen LogP contribution is 2.42. The molecule has 126 valence electrons. The van der Waals surface area contributed by atoms with E-state index in [2.05, 4.69) is 6.58 Å². The molecule has 0 aliphatic carbocycles. The Morgan fingerprint density at radius 1 is 1.12 bits per heavy atom. The molecule has 2 aromatic carbocycles. The van der Waals surface area contributed by atoms with Gasteiger partial charge in [0.2, 0.25) is 0 Å². The molecular formula is C21H19NO3. The molecule has 1 aliphatic heterocycles. The number of para-hydroxylation sites is 1. The van der Waals surface area contributed by atoms with Crippen LogP contribution in [0, 0.1) is 0 Å². The summed E-state index contributed by atoms with van der Waals surface area (Å²) in [5, 5.41) is 11.0. The van der Waals surface area contributed by atoms with Crippen LogP contribution >= 0.6 is 0 Å². The lowest BCUT2D eigenvalue weighted by Crippen LogP contribution is -2.41. The summed E-state index contributed by atoms with van der Waals surface area (Å²) < 4.78 is 0. The summed E-state index contributed by atoms with van der Waals surface area (Å²) in [5.74, 6) is -0.801. The largest absolute Gasteiger partial charge is 0.375 e. The molecule has 3 rings (SSSR count). The zero-order chi connectivity index (χ0) is 17.9. The highest BCUT2D eigenvalue weighted by Gasteiger charge is 2.50. The van der Waals surface area contributed by atoms with Crippen molar-refractivity contribution in [2.45, 2.75) is 12.0 Å². The Labute approximate surface area is 146 Å². The predicted molar refractivity (Wildman–Crippen MR) is 98.0 cm³/mol. The van der Waals surface area contributed by atoms with E-state index in [9.17, 15) is 14.7 Å². The first-order valence-electron chi connectivity index (χ1n) is 8.07. The van der Waals surface area contributed by atoms with Crippen LogP contribution in [0.5, 0.6) is 0 Å². The molecule has 0 radical (unpaired) electrons. The molecular weight excluding hydrogens is 314 g/mol. The number of benzene rings is 2. The van der Waals surface area contributed by atoms with Crippen molar-refractivity contribution < 1.29 is 14.7 Å². The van der Waals surface area contributed by atoms with Gasteiger partial charge in [0.15, 0.2) is 11.4 Å². The van der Waals surface area contributed by atoms with Crippen LogP contribution in [0.15, 0.2) is 73.3 Å². The number of hydrogen-bond acceptors (Lipinski definition) is 3. The van der Waals surface area contributed by atoms with Gasteiger partial charge in [-0.25, -0.2) is 0 Å². The summed E-state index contributed by atoms with van der Waals surface area (Å²) >= 11 is 0. The van der Waals surface area contributed by atoms with Crippen molar-refractivity contribution in [3.05, 3.63) is 84.5 Å². The van der Waals surface area contributed by atoms with Crippen LogP contribution in [0.4, 0.5) is 5.69 Å². The van der Waals surface area contributed by atoms with Gasteiger partial charge in [0.25, 0.3) is 5.91 Å². The van der Waals surface area contributed by atoms with Crippen molar-refractivity contribution in [2.24, 2.45) is 0 Å². The maximum Gasteiger partial charge on any atom is 0.264 e. The third kappa shape index (κ3) is 3.16. The summed E-state index contributed by atoms with van der Waals surface area (Å²) in [6, 6.07) is 16.4. The molecule has 4 nitrogen and oxygen atoms in total. The fourth-order valence-electron chi connectivity index (χ4n) is 3.05. The van der Waals surface area contributed by atoms with E-state index in [-0.39, 0.29) is 18.7 Å². The smallest absolute Gasteiger partial charge is 0.264 e. The number of amides is 1. The maximum absolute atomic E-state index is 12.7. The molecule has 1 N–H and O–H groups in total. The van der Waals surface area contributed by atoms with E-state index in [1.165, 1.54) is 11.0 Å². The van der Waals surface area contributed by atoms with E-state index < -0.39 is 11.5 Å². The lowest BCUT2D eigenvalue weighted by Gasteiger charge is -2.21. The first-order valence-corrected chi connectivity index (χ1v) is 8.07. The van der Waals surface area contributed by atoms with Crippen LogP contribution in [0.1, 0.15) is 17.5 Å². The Kier molecular flexibility index (Phi) is 4.63. The molecule has 1 heterocycles. The normalized spacial score (nSPS) is 19.2. The van der Waals surface area contributed by atoms with Crippen molar-refractivity contribution in [3.63, 3.8) is 0 Å². The van der Waals surface area contributed by atoms with Gasteiger partial charge < -0.3 is 10.0 Å². The molecule has 1 aliphatic rings. The average Bonchev–Trinajstić information content (AvgIpc) is 2.83. The van der Waals surface area contributed by atoms with E-state index in [1.807, 2.05) is 30.3 Å². The average molecular weight is 333 g/mol. The summed E-state index contributed by atoms with van der Waals surface area (Å²) in [4.78, 5) is 26.6. The van der Waals surface area contributed by atoms with Gasteiger partial charge in [-0.05, 0) is 17.7 Å². The Morgan fingerprint density at radius 2 is 1.80 bits per heavy atom. The van der Waals surface area contributed by atoms with Gasteiger partial charge in [-0.3, -0.25) is 9.59 Å². The fourth-order valence-corrected chi connectivity index (χ4v) is 3.05. The number of fused-ring (bicyclic) bond motifs is 1. The summed E-state index contributed by atoms with van der Waals surface area (Å²) in [7, 11) is 0. The van der Waals surface area contributed by atoms with Crippen molar-refractivity contribution in [1.29, 1.82) is 0 Å². The van der Waals surface area contributed by atoms with Crippen molar-refractivity contribution in [1.82, 2.24) is 0 Å². The van der Waals surface area contributed by atoms with Gasteiger partial charge in [0.1, 0.15) is 0 Å². The third-order valence-corrected chi connectivity index (χ3v) is 4.24. The number of hydrogen-bond donors (Lipinski definition) is 1. The monoisotopic (exact) mass is 333 g/mol. The molecule has 0 saturated carbocycles. The molecule has 1 amide bonds. The van der Waals surface area contributed by atoms with Gasteiger partial charge in [0.05, 0.1) is 12.1 Å². The predicted octanol–water partition coefficient (Wildman–Crippen LogP) is 3.08. The molecule has 25 heavy (non-hydrogen) atoms. The fraction of sp³-hybridized carbons (Fsp3) is 0.143. The third-order valence-electron chi connectivity index (χ3n) is 4.24. The topological polar surface area (TPSA) is 57.6 Å². The SMILES string of the molecule is C=CCN1C(=O)C(O)(CC(=O)C=Cc2ccccc2)c2ccccc21.